The lowest BCUT2D eigenvalue weighted by Crippen LogP contribution is -2.48. The van der Waals surface area contributed by atoms with E-state index in [1.165, 1.54) is 0 Å². The Bertz CT molecular complexity index is 969. The third-order valence-electron chi connectivity index (χ3n) is 4.70. The van der Waals surface area contributed by atoms with Crippen molar-refractivity contribution in [3.05, 3.63) is 69.4 Å². The van der Waals surface area contributed by atoms with Gasteiger partial charge in [0.15, 0.2) is 5.82 Å². The smallest absolute Gasteiger partial charge is 0.253 e. The number of nitrogens with zero attached hydrogens (tertiary/aromatic N) is 6. The Morgan fingerprint density at radius 1 is 1.07 bits per heavy atom. The normalized spacial score (nSPS) is 15.0. The lowest BCUT2D eigenvalue weighted by atomic mass is 10.2. The number of amides is 1. The summed E-state index contributed by atoms with van der Waals surface area (Å²) in [6, 6.07) is 14.9. The van der Waals surface area contributed by atoms with Crippen molar-refractivity contribution < 1.29 is 4.79 Å². The first kappa shape index (κ1) is 19.0. The highest BCUT2D eigenvalue weighted by Gasteiger charge is 2.23. The number of carbonyl (C=O) groups is 1. The largest absolute Gasteiger partial charge is 0.336 e. The molecule has 0 atom stereocenters. The Hall–Kier alpha value is -2.29. The van der Waals surface area contributed by atoms with Crippen molar-refractivity contribution in [3.63, 3.8) is 0 Å². The molecule has 1 saturated heterocycles. The zero-order chi connectivity index (χ0) is 19.5. The van der Waals surface area contributed by atoms with Crippen LogP contribution in [0.25, 0.3) is 5.69 Å². The standard InChI is InChI=1S/C19H18BrClN6O/c20-15-3-1-2-14(12-15)19(28)26-10-8-25(9-11-26)13-18-22-23-24-27(18)17-6-4-16(21)5-7-17/h1-7,12H,8-11,13H2. The molecule has 0 saturated carbocycles. The van der Waals surface area contributed by atoms with Crippen LogP contribution in [0.15, 0.2) is 53.0 Å². The Morgan fingerprint density at radius 3 is 2.54 bits per heavy atom. The molecule has 0 N–H and O–H groups in total. The molecule has 7 nitrogen and oxygen atoms in total. The van der Waals surface area contributed by atoms with Crippen LogP contribution in [0.5, 0.6) is 0 Å². The quantitative estimate of drug-likeness (QED) is 0.597. The van der Waals surface area contributed by atoms with Crippen molar-refractivity contribution >= 4 is 33.4 Å². The average molecular weight is 462 g/mol. The Labute approximate surface area is 176 Å². The molecule has 1 aliphatic heterocycles. The molecular formula is C19H18BrClN6O. The first-order chi connectivity index (χ1) is 13.6. The fourth-order valence-corrected chi connectivity index (χ4v) is 3.73. The van der Waals surface area contributed by atoms with Gasteiger partial charge in [0, 0.05) is 41.2 Å². The van der Waals surface area contributed by atoms with Gasteiger partial charge >= 0.3 is 0 Å². The molecule has 4 rings (SSSR count). The van der Waals surface area contributed by atoms with E-state index in [9.17, 15) is 4.79 Å². The minimum atomic E-state index is 0.0620. The summed E-state index contributed by atoms with van der Waals surface area (Å²) in [6.45, 7) is 3.51. The predicted octanol–water partition coefficient (Wildman–Crippen LogP) is 3.04. The molecule has 1 aromatic heterocycles. The predicted molar refractivity (Wildman–Crippen MR) is 109 cm³/mol. The van der Waals surface area contributed by atoms with E-state index in [1.807, 2.05) is 53.4 Å². The number of hydrogen-bond donors (Lipinski definition) is 0. The summed E-state index contributed by atoms with van der Waals surface area (Å²) in [7, 11) is 0. The Morgan fingerprint density at radius 2 is 1.82 bits per heavy atom. The summed E-state index contributed by atoms with van der Waals surface area (Å²) in [5.41, 5.74) is 1.57. The van der Waals surface area contributed by atoms with Gasteiger partial charge in [-0.25, -0.2) is 0 Å². The number of piperazine rings is 1. The topological polar surface area (TPSA) is 67.2 Å². The molecule has 2 aromatic carbocycles. The second-order valence-electron chi connectivity index (χ2n) is 6.56. The highest BCUT2D eigenvalue weighted by atomic mass is 79.9. The monoisotopic (exact) mass is 460 g/mol. The maximum absolute atomic E-state index is 12.7. The van der Waals surface area contributed by atoms with E-state index in [0.29, 0.717) is 30.2 Å². The summed E-state index contributed by atoms with van der Waals surface area (Å²) in [4.78, 5) is 16.8. The third kappa shape index (κ3) is 4.24. The summed E-state index contributed by atoms with van der Waals surface area (Å²) >= 11 is 9.38. The van der Waals surface area contributed by atoms with Crippen LogP contribution in [0, 0.1) is 0 Å². The first-order valence-electron chi connectivity index (χ1n) is 8.90. The number of benzene rings is 2. The number of carbonyl (C=O) groups excluding carboxylic acids is 1. The van der Waals surface area contributed by atoms with Gasteiger partial charge in [-0.1, -0.05) is 33.6 Å². The van der Waals surface area contributed by atoms with Gasteiger partial charge in [0.25, 0.3) is 5.91 Å². The summed E-state index contributed by atoms with van der Waals surface area (Å²) in [5, 5.41) is 12.7. The molecule has 0 bridgehead atoms. The summed E-state index contributed by atoms with van der Waals surface area (Å²) in [5.74, 6) is 0.820. The zero-order valence-corrected chi connectivity index (χ0v) is 17.3. The molecule has 0 unspecified atom stereocenters. The van der Waals surface area contributed by atoms with Crippen molar-refractivity contribution in [3.8, 4) is 5.69 Å². The lowest BCUT2D eigenvalue weighted by molar-refractivity contribution is 0.0624. The molecule has 1 aliphatic rings. The third-order valence-corrected chi connectivity index (χ3v) is 5.45. The molecule has 9 heteroatoms. The van der Waals surface area contributed by atoms with Crippen molar-refractivity contribution in [2.75, 3.05) is 26.2 Å². The second-order valence-corrected chi connectivity index (χ2v) is 7.91. The molecule has 2 heterocycles. The Balaban J connectivity index is 1.38. The van der Waals surface area contributed by atoms with E-state index in [-0.39, 0.29) is 5.91 Å². The molecular weight excluding hydrogens is 444 g/mol. The van der Waals surface area contributed by atoms with Gasteiger partial charge in [0.1, 0.15) is 0 Å². The van der Waals surface area contributed by atoms with E-state index in [1.54, 1.807) is 4.68 Å². The SMILES string of the molecule is O=C(c1cccc(Br)c1)N1CCN(Cc2nnnn2-c2ccc(Cl)cc2)CC1. The minimum Gasteiger partial charge on any atom is -0.336 e. The van der Waals surface area contributed by atoms with Crippen LogP contribution in [0.1, 0.15) is 16.2 Å². The molecule has 28 heavy (non-hydrogen) atoms. The highest BCUT2D eigenvalue weighted by molar-refractivity contribution is 9.10. The second kappa shape index (κ2) is 8.38. The summed E-state index contributed by atoms with van der Waals surface area (Å²) in [6.07, 6.45) is 0. The minimum absolute atomic E-state index is 0.0620. The van der Waals surface area contributed by atoms with Crippen molar-refractivity contribution in [2.24, 2.45) is 0 Å². The molecule has 1 fully saturated rings. The van der Waals surface area contributed by atoms with E-state index in [4.69, 9.17) is 11.6 Å². The van der Waals surface area contributed by atoms with Gasteiger partial charge < -0.3 is 4.90 Å². The van der Waals surface area contributed by atoms with Crippen LogP contribution in [-0.2, 0) is 6.54 Å². The van der Waals surface area contributed by atoms with Crippen molar-refractivity contribution in [2.45, 2.75) is 6.54 Å². The van der Waals surface area contributed by atoms with Crippen LogP contribution in [0.4, 0.5) is 0 Å². The molecule has 0 radical (unpaired) electrons. The molecule has 0 aliphatic carbocycles. The fourth-order valence-electron chi connectivity index (χ4n) is 3.20. The van der Waals surface area contributed by atoms with Crippen LogP contribution < -0.4 is 0 Å². The number of halogens is 2. The van der Waals surface area contributed by atoms with Gasteiger partial charge in [0.05, 0.1) is 12.2 Å². The molecule has 1 amide bonds. The molecule has 0 spiro atoms. The van der Waals surface area contributed by atoms with E-state index in [0.717, 1.165) is 29.1 Å². The highest BCUT2D eigenvalue weighted by Crippen LogP contribution is 2.17. The summed E-state index contributed by atoms with van der Waals surface area (Å²) < 4.78 is 2.63. The van der Waals surface area contributed by atoms with Gasteiger partial charge in [-0.15, -0.1) is 5.10 Å². The van der Waals surface area contributed by atoms with Crippen LogP contribution in [0.2, 0.25) is 5.02 Å². The Kier molecular flexibility index (Phi) is 5.70. The number of rotatable bonds is 4. The van der Waals surface area contributed by atoms with E-state index >= 15 is 0 Å². The van der Waals surface area contributed by atoms with Crippen molar-refractivity contribution in [1.82, 2.24) is 30.0 Å². The molecule has 144 valence electrons. The number of aromatic nitrogens is 4. The number of tetrazole rings is 1. The molecule has 3 aromatic rings. The van der Waals surface area contributed by atoms with Gasteiger partial charge in [0.2, 0.25) is 0 Å². The lowest BCUT2D eigenvalue weighted by Gasteiger charge is -2.34. The van der Waals surface area contributed by atoms with Crippen LogP contribution >= 0.6 is 27.5 Å². The van der Waals surface area contributed by atoms with Crippen molar-refractivity contribution in [1.29, 1.82) is 0 Å². The maximum atomic E-state index is 12.7. The van der Waals surface area contributed by atoms with Gasteiger partial charge in [-0.05, 0) is 52.9 Å². The maximum Gasteiger partial charge on any atom is 0.253 e. The van der Waals surface area contributed by atoms with Gasteiger partial charge in [-0.3, -0.25) is 9.69 Å². The zero-order valence-electron chi connectivity index (χ0n) is 15.0. The average Bonchev–Trinajstić information content (AvgIpc) is 3.17. The first-order valence-corrected chi connectivity index (χ1v) is 10.1. The van der Waals surface area contributed by atoms with E-state index < -0.39 is 0 Å². The number of hydrogen-bond acceptors (Lipinski definition) is 5. The van der Waals surface area contributed by atoms with Gasteiger partial charge in [-0.2, -0.15) is 4.68 Å². The van der Waals surface area contributed by atoms with Crippen LogP contribution in [0.3, 0.4) is 0 Å². The van der Waals surface area contributed by atoms with Crippen LogP contribution in [-0.4, -0.2) is 62.1 Å². The fraction of sp³-hybridized carbons (Fsp3) is 0.263. The van der Waals surface area contributed by atoms with E-state index in [2.05, 4.69) is 36.4 Å².